The van der Waals surface area contributed by atoms with Crippen molar-refractivity contribution in [2.75, 3.05) is 6.61 Å². The lowest BCUT2D eigenvalue weighted by molar-refractivity contribution is -0.142. The molecule has 0 aromatic heterocycles. The summed E-state index contributed by atoms with van der Waals surface area (Å²) < 4.78 is 5.66. The van der Waals surface area contributed by atoms with Crippen molar-refractivity contribution >= 4 is 16.7 Å². The van der Waals surface area contributed by atoms with Crippen LogP contribution in [0.3, 0.4) is 0 Å². The molecular weight excluding hydrogens is 312 g/mol. The molecule has 128 valence electrons. The number of para-hydroxylation sites is 1. The van der Waals surface area contributed by atoms with Gasteiger partial charge in [0.1, 0.15) is 5.75 Å². The van der Waals surface area contributed by atoms with Crippen LogP contribution in [0.1, 0.15) is 18.4 Å². The van der Waals surface area contributed by atoms with Crippen molar-refractivity contribution in [2.24, 2.45) is 5.92 Å². The standard InChI is InChI=1S/C22H22O3/c23-22(24)19(11-7-15-25-20-12-2-1-3-13-20)16-18-10-6-9-17-8-4-5-14-21(17)18/h1-6,8-10,12-14,19H,7,11,15-16H2,(H,23,24)/t19-/m0/s1. The van der Waals surface area contributed by atoms with Gasteiger partial charge in [-0.3, -0.25) is 4.79 Å². The van der Waals surface area contributed by atoms with Crippen LogP contribution in [-0.4, -0.2) is 17.7 Å². The maximum atomic E-state index is 11.7. The minimum Gasteiger partial charge on any atom is -0.494 e. The zero-order valence-corrected chi connectivity index (χ0v) is 14.1. The van der Waals surface area contributed by atoms with Crippen LogP contribution >= 0.6 is 0 Å². The minimum absolute atomic E-state index is 0.398. The SMILES string of the molecule is O=C(O)[C@@H](CCCOc1ccccc1)Cc1cccc2ccccc12. The van der Waals surface area contributed by atoms with Crippen LogP contribution in [0, 0.1) is 5.92 Å². The van der Waals surface area contributed by atoms with Gasteiger partial charge in [0.15, 0.2) is 0 Å². The van der Waals surface area contributed by atoms with E-state index in [1.807, 2.05) is 54.6 Å². The second kappa shape index (κ2) is 8.34. The fourth-order valence-corrected chi connectivity index (χ4v) is 3.09. The molecule has 0 unspecified atom stereocenters. The lowest BCUT2D eigenvalue weighted by Crippen LogP contribution is -2.17. The predicted octanol–water partition coefficient (Wildman–Crippen LogP) is 4.94. The number of benzene rings is 3. The van der Waals surface area contributed by atoms with E-state index in [1.54, 1.807) is 0 Å². The molecule has 0 heterocycles. The van der Waals surface area contributed by atoms with Gasteiger partial charge >= 0.3 is 5.97 Å². The summed E-state index contributed by atoms with van der Waals surface area (Å²) in [5, 5.41) is 11.9. The van der Waals surface area contributed by atoms with Crippen molar-refractivity contribution in [1.29, 1.82) is 0 Å². The first-order valence-corrected chi connectivity index (χ1v) is 8.61. The molecule has 0 radical (unpaired) electrons. The highest BCUT2D eigenvalue weighted by Crippen LogP contribution is 2.23. The van der Waals surface area contributed by atoms with Gasteiger partial charge in [-0.1, -0.05) is 60.7 Å². The van der Waals surface area contributed by atoms with Gasteiger partial charge in [-0.2, -0.15) is 0 Å². The Hall–Kier alpha value is -2.81. The van der Waals surface area contributed by atoms with E-state index in [4.69, 9.17) is 4.74 Å². The van der Waals surface area contributed by atoms with Crippen LogP contribution in [0.2, 0.25) is 0 Å². The lowest BCUT2D eigenvalue weighted by Gasteiger charge is -2.14. The van der Waals surface area contributed by atoms with Gasteiger partial charge in [0.05, 0.1) is 12.5 Å². The number of carbonyl (C=O) groups is 1. The van der Waals surface area contributed by atoms with Gasteiger partial charge in [0.2, 0.25) is 0 Å². The summed E-state index contributed by atoms with van der Waals surface area (Å²) in [5.41, 5.74) is 1.09. The third-order valence-electron chi connectivity index (χ3n) is 4.40. The van der Waals surface area contributed by atoms with Gasteiger partial charge in [-0.05, 0) is 47.7 Å². The molecule has 0 fully saturated rings. The number of hydrogen-bond acceptors (Lipinski definition) is 2. The maximum Gasteiger partial charge on any atom is 0.306 e. The van der Waals surface area contributed by atoms with E-state index >= 15 is 0 Å². The number of ether oxygens (including phenoxy) is 1. The normalized spacial score (nSPS) is 12.0. The van der Waals surface area contributed by atoms with E-state index in [2.05, 4.69) is 18.2 Å². The molecule has 0 bridgehead atoms. The highest BCUT2D eigenvalue weighted by Gasteiger charge is 2.18. The molecule has 3 heteroatoms. The lowest BCUT2D eigenvalue weighted by atomic mass is 9.92. The molecule has 0 saturated heterocycles. The molecule has 3 rings (SSSR count). The minimum atomic E-state index is -0.743. The molecule has 3 aromatic carbocycles. The summed E-state index contributed by atoms with van der Waals surface area (Å²) in [4.78, 5) is 11.7. The van der Waals surface area contributed by atoms with E-state index in [1.165, 1.54) is 0 Å². The molecule has 3 nitrogen and oxygen atoms in total. The zero-order valence-electron chi connectivity index (χ0n) is 14.1. The molecule has 0 saturated carbocycles. The molecule has 1 N–H and O–H groups in total. The Morgan fingerprint density at radius 2 is 1.64 bits per heavy atom. The van der Waals surface area contributed by atoms with Gasteiger partial charge in [0.25, 0.3) is 0 Å². The molecule has 0 aliphatic carbocycles. The Labute approximate surface area is 147 Å². The van der Waals surface area contributed by atoms with E-state index in [9.17, 15) is 9.90 Å². The summed E-state index contributed by atoms with van der Waals surface area (Å²) in [6.45, 7) is 0.531. The number of hydrogen-bond donors (Lipinski definition) is 1. The van der Waals surface area contributed by atoms with Crippen LogP contribution in [0.15, 0.2) is 72.8 Å². The van der Waals surface area contributed by atoms with E-state index < -0.39 is 11.9 Å². The molecule has 3 aromatic rings. The molecular formula is C22H22O3. The van der Waals surface area contributed by atoms with E-state index in [0.717, 1.165) is 28.5 Å². The molecule has 1 atom stereocenters. The van der Waals surface area contributed by atoms with Gasteiger partial charge < -0.3 is 9.84 Å². The average molecular weight is 334 g/mol. The van der Waals surface area contributed by atoms with Gasteiger partial charge in [0, 0.05) is 0 Å². The maximum absolute atomic E-state index is 11.7. The van der Waals surface area contributed by atoms with E-state index in [0.29, 0.717) is 19.4 Å². The van der Waals surface area contributed by atoms with Crippen molar-refractivity contribution in [2.45, 2.75) is 19.3 Å². The van der Waals surface area contributed by atoms with Crippen molar-refractivity contribution in [1.82, 2.24) is 0 Å². The zero-order chi connectivity index (χ0) is 17.5. The first-order valence-electron chi connectivity index (χ1n) is 8.61. The fraction of sp³-hybridized carbons (Fsp3) is 0.227. The third kappa shape index (κ3) is 4.60. The van der Waals surface area contributed by atoms with Crippen LogP contribution in [0.5, 0.6) is 5.75 Å². The number of carboxylic acids is 1. The first kappa shape index (κ1) is 17.0. The Morgan fingerprint density at radius 3 is 2.44 bits per heavy atom. The second-order valence-electron chi connectivity index (χ2n) is 6.18. The Kier molecular flexibility index (Phi) is 5.68. The number of carboxylic acid groups (broad SMARTS) is 1. The Balaban J connectivity index is 1.60. The van der Waals surface area contributed by atoms with Crippen LogP contribution in [0.25, 0.3) is 10.8 Å². The third-order valence-corrected chi connectivity index (χ3v) is 4.40. The van der Waals surface area contributed by atoms with E-state index in [-0.39, 0.29) is 0 Å². The summed E-state index contributed by atoms with van der Waals surface area (Å²) in [6.07, 6.45) is 1.87. The van der Waals surface area contributed by atoms with Crippen molar-refractivity contribution in [3.63, 3.8) is 0 Å². The number of fused-ring (bicyclic) bond motifs is 1. The average Bonchev–Trinajstić information content (AvgIpc) is 2.65. The van der Waals surface area contributed by atoms with Gasteiger partial charge in [-0.25, -0.2) is 0 Å². The molecule has 0 amide bonds. The van der Waals surface area contributed by atoms with Crippen molar-refractivity contribution in [3.05, 3.63) is 78.4 Å². The smallest absolute Gasteiger partial charge is 0.306 e. The van der Waals surface area contributed by atoms with Gasteiger partial charge in [-0.15, -0.1) is 0 Å². The number of rotatable bonds is 8. The Morgan fingerprint density at radius 1 is 0.920 bits per heavy atom. The van der Waals surface area contributed by atoms with Crippen molar-refractivity contribution in [3.8, 4) is 5.75 Å². The fourth-order valence-electron chi connectivity index (χ4n) is 3.09. The quantitative estimate of drug-likeness (QED) is 0.593. The molecule has 0 aliphatic heterocycles. The molecule has 25 heavy (non-hydrogen) atoms. The van der Waals surface area contributed by atoms with Crippen LogP contribution in [0.4, 0.5) is 0 Å². The highest BCUT2D eigenvalue weighted by atomic mass is 16.5. The topological polar surface area (TPSA) is 46.5 Å². The van der Waals surface area contributed by atoms with Crippen molar-refractivity contribution < 1.29 is 14.6 Å². The molecule has 0 spiro atoms. The summed E-state index contributed by atoms with van der Waals surface area (Å²) >= 11 is 0. The summed E-state index contributed by atoms with van der Waals surface area (Å²) in [7, 11) is 0. The Bertz CT molecular complexity index is 822. The largest absolute Gasteiger partial charge is 0.494 e. The monoisotopic (exact) mass is 334 g/mol. The molecule has 0 aliphatic rings. The first-order chi connectivity index (χ1) is 12.2. The second-order valence-corrected chi connectivity index (χ2v) is 6.18. The van der Waals surface area contributed by atoms with Crippen LogP contribution in [-0.2, 0) is 11.2 Å². The predicted molar refractivity (Wildman–Crippen MR) is 99.9 cm³/mol. The highest BCUT2D eigenvalue weighted by molar-refractivity contribution is 5.86. The summed E-state index contributed by atoms with van der Waals surface area (Å²) in [5.74, 6) is -0.318. The van der Waals surface area contributed by atoms with Crippen LogP contribution < -0.4 is 4.74 Å². The summed E-state index contributed by atoms with van der Waals surface area (Å²) in [6, 6.07) is 23.8. The number of aliphatic carboxylic acids is 1.